The average molecular weight is 174 g/mol. The van der Waals surface area contributed by atoms with Gasteiger partial charge in [-0.25, -0.2) is 0 Å². The monoisotopic (exact) mass is 174 g/mol. The molecule has 4 aliphatic rings. The molecule has 0 radical (unpaired) electrons. The van der Waals surface area contributed by atoms with Crippen molar-refractivity contribution >= 4 is 5.97 Å². The molecular formula is C11H10O2. The molecule has 2 heteroatoms. The van der Waals surface area contributed by atoms with Gasteiger partial charge in [-0.3, -0.25) is 4.79 Å². The van der Waals surface area contributed by atoms with Crippen LogP contribution in [0.3, 0.4) is 0 Å². The first-order valence-corrected chi connectivity index (χ1v) is 4.93. The number of allylic oxidation sites excluding steroid dienone is 2. The molecule has 1 aliphatic heterocycles. The Morgan fingerprint density at radius 1 is 1.00 bits per heavy atom. The van der Waals surface area contributed by atoms with E-state index in [2.05, 4.69) is 24.3 Å². The van der Waals surface area contributed by atoms with Crippen LogP contribution in [-0.2, 0) is 9.53 Å². The van der Waals surface area contributed by atoms with E-state index in [0.29, 0.717) is 23.7 Å². The highest BCUT2D eigenvalue weighted by atomic mass is 16.6. The van der Waals surface area contributed by atoms with Gasteiger partial charge in [0.25, 0.3) is 0 Å². The number of fused-ring (bicyclic) bond motifs is 1. The molecule has 1 saturated carbocycles. The minimum Gasteiger partial charge on any atom is -0.457 e. The highest BCUT2D eigenvalue weighted by Gasteiger charge is 2.63. The predicted molar refractivity (Wildman–Crippen MR) is 45.6 cm³/mol. The third-order valence-electron chi connectivity index (χ3n) is 4.00. The Balaban J connectivity index is 1.94. The lowest BCUT2D eigenvalue weighted by Gasteiger charge is -2.16. The number of hydrogen-bond donors (Lipinski definition) is 0. The van der Waals surface area contributed by atoms with Crippen molar-refractivity contribution in [2.45, 2.75) is 6.10 Å². The molecule has 4 bridgehead atoms. The van der Waals surface area contributed by atoms with Crippen LogP contribution in [0.15, 0.2) is 24.3 Å². The minimum absolute atomic E-state index is 0.0428. The molecule has 2 nitrogen and oxygen atoms in total. The Morgan fingerprint density at radius 3 is 2.54 bits per heavy atom. The molecule has 4 rings (SSSR count). The zero-order chi connectivity index (χ0) is 8.58. The van der Waals surface area contributed by atoms with Gasteiger partial charge in [-0.05, 0) is 23.8 Å². The molecular weight excluding hydrogens is 164 g/mol. The van der Waals surface area contributed by atoms with E-state index in [9.17, 15) is 4.79 Å². The van der Waals surface area contributed by atoms with Gasteiger partial charge in [0.05, 0.1) is 5.92 Å². The van der Waals surface area contributed by atoms with E-state index in [-0.39, 0.29) is 18.0 Å². The summed E-state index contributed by atoms with van der Waals surface area (Å²) < 4.78 is 5.32. The van der Waals surface area contributed by atoms with Gasteiger partial charge in [0.2, 0.25) is 0 Å². The lowest BCUT2D eigenvalue weighted by Crippen LogP contribution is -2.21. The lowest BCUT2D eigenvalue weighted by atomic mass is 9.83. The van der Waals surface area contributed by atoms with Crippen LogP contribution in [0.25, 0.3) is 0 Å². The summed E-state index contributed by atoms with van der Waals surface area (Å²) in [6.07, 6.45) is 8.88. The predicted octanol–water partition coefficient (Wildman–Crippen LogP) is 1.15. The molecule has 6 atom stereocenters. The van der Waals surface area contributed by atoms with Gasteiger partial charge in [-0.2, -0.15) is 0 Å². The molecule has 13 heavy (non-hydrogen) atoms. The van der Waals surface area contributed by atoms with E-state index in [1.807, 2.05) is 0 Å². The van der Waals surface area contributed by atoms with Crippen molar-refractivity contribution < 1.29 is 9.53 Å². The van der Waals surface area contributed by atoms with E-state index in [4.69, 9.17) is 4.74 Å². The third kappa shape index (κ3) is 0.578. The number of hydrogen-bond acceptors (Lipinski definition) is 2. The molecule has 0 N–H and O–H groups in total. The molecule has 0 aromatic rings. The van der Waals surface area contributed by atoms with Gasteiger partial charge in [-0.15, -0.1) is 0 Å². The van der Waals surface area contributed by atoms with Crippen molar-refractivity contribution in [2.75, 3.05) is 0 Å². The SMILES string of the molecule is O=C1O[C@@H]2C=C[C@@H]3[C@H]4C=C[C@@H]2[C@@H]1[C@@H]43. The average Bonchev–Trinajstić information content (AvgIpc) is 2.72. The number of rotatable bonds is 0. The van der Waals surface area contributed by atoms with Gasteiger partial charge in [0.15, 0.2) is 0 Å². The van der Waals surface area contributed by atoms with Crippen molar-refractivity contribution in [1.82, 2.24) is 0 Å². The van der Waals surface area contributed by atoms with Gasteiger partial charge in [0.1, 0.15) is 6.10 Å². The summed E-state index contributed by atoms with van der Waals surface area (Å²) in [5.41, 5.74) is 0. The number of ether oxygens (including phenoxy) is 1. The van der Waals surface area contributed by atoms with Crippen LogP contribution in [0.2, 0.25) is 0 Å². The van der Waals surface area contributed by atoms with Crippen molar-refractivity contribution in [3.05, 3.63) is 24.3 Å². The molecule has 0 aromatic carbocycles. The highest BCUT2D eigenvalue weighted by molar-refractivity contribution is 5.78. The maximum atomic E-state index is 11.5. The maximum absolute atomic E-state index is 11.5. The fourth-order valence-electron chi connectivity index (χ4n) is 3.33. The topological polar surface area (TPSA) is 26.3 Å². The first kappa shape index (κ1) is 6.41. The number of esters is 1. The largest absolute Gasteiger partial charge is 0.457 e. The van der Waals surface area contributed by atoms with Crippen molar-refractivity contribution in [3.8, 4) is 0 Å². The van der Waals surface area contributed by atoms with Crippen molar-refractivity contribution in [1.29, 1.82) is 0 Å². The molecule has 0 spiro atoms. The Bertz CT molecular complexity index is 355. The highest BCUT2D eigenvalue weighted by Crippen LogP contribution is 2.62. The molecule has 0 amide bonds. The molecule has 1 saturated heterocycles. The molecule has 3 aliphatic carbocycles. The molecule has 66 valence electrons. The second-order valence-corrected chi connectivity index (χ2v) is 4.51. The summed E-state index contributed by atoms with van der Waals surface area (Å²) in [5, 5.41) is 0. The van der Waals surface area contributed by atoms with Crippen molar-refractivity contribution in [2.24, 2.45) is 29.6 Å². The van der Waals surface area contributed by atoms with Crippen LogP contribution in [0.5, 0.6) is 0 Å². The minimum atomic E-state index is 0.0428. The van der Waals surface area contributed by atoms with Crippen LogP contribution >= 0.6 is 0 Å². The molecule has 2 fully saturated rings. The first-order valence-electron chi connectivity index (χ1n) is 4.93. The van der Waals surface area contributed by atoms with E-state index in [1.165, 1.54) is 0 Å². The first-order chi connectivity index (χ1) is 6.36. The van der Waals surface area contributed by atoms with Crippen LogP contribution < -0.4 is 0 Å². The van der Waals surface area contributed by atoms with Crippen LogP contribution in [0.4, 0.5) is 0 Å². The Morgan fingerprint density at radius 2 is 1.69 bits per heavy atom. The van der Waals surface area contributed by atoms with Crippen LogP contribution in [0.1, 0.15) is 0 Å². The smallest absolute Gasteiger partial charge is 0.310 e. The van der Waals surface area contributed by atoms with Gasteiger partial charge < -0.3 is 4.74 Å². The summed E-state index contributed by atoms with van der Waals surface area (Å²) in [6.45, 7) is 0. The zero-order valence-corrected chi connectivity index (χ0v) is 7.09. The normalized spacial score (nSPS) is 58.9. The van der Waals surface area contributed by atoms with Gasteiger partial charge in [0, 0.05) is 5.92 Å². The third-order valence-corrected chi connectivity index (χ3v) is 4.00. The fourth-order valence-corrected chi connectivity index (χ4v) is 3.33. The van der Waals surface area contributed by atoms with E-state index >= 15 is 0 Å². The fraction of sp³-hybridized carbons (Fsp3) is 0.545. The molecule has 1 heterocycles. The maximum Gasteiger partial charge on any atom is 0.310 e. The van der Waals surface area contributed by atoms with Crippen molar-refractivity contribution in [3.63, 3.8) is 0 Å². The van der Waals surface area contributed by atoms with Crippen LogP contribution in [-0.4, -0.2) is 12.1 Å². The summed E-state index contributed by atoms with van der Waals surface area (Å²) in [5.74, 6) is 2.43. The summed E-state index contributed by atoms with van der Waals surface area (Å²) in [4.78, 5) is 11.5. The standard InChI is InChI=1S/C11H10O2/c12-11-10-7-2-1-5-6(9(5)10)3-4-8(7)13-11/h1-10H/t5-,6-,7+,8-,9+,10-/m1/s1. The summed E-state index contributed by atoms with van der Waals surface area (Å²) in [6, 6.07) is 0. The Labute approximate surface area is 76.3 Å². The van der Waals surface area contributed by atoms with E-state index < -0.39 is 0 Å². The molecule has 0 aromatic heterocycles. The summed E-state index contributed by atoms with van der Waals surface area (Å²) in [7, 11) is 0. The Kier molecular flexibility index (Phi) is 0.859. The number of carbonyl (C=O) groups is 1. The van der Waals surface area contributed by atoms with Crippen LogP contribution in [0, 0.1) is 29.6 Å². The molecule has 0 unspecified atom stereocenters. The number of carbonyl (C=O) groups excluding carboxylic acids is 1. The lowest BCUT2D eigenvalue weighted by molar-refractivity contribution is -0.143. The van der Waals surface area contributed by atoms with E-state index in [0.717, 1.165) is 0 Å². The Hall–Kier alpha value is -1.05. The summed E-state index contributed by atoms with van der Waals surface area (Å²) >= 11 is 0. The quantitative estimate of drug-likeness (QED) is 0.406. The zero-order valence-electron chi connectivity index (χ0n) is 7.09. The van der Waals surface area contributed by atoms with Gasteiger partial charge in [-0.1, -0.05) is 18.2 Å². The second kappa shape index (κ2) is 1.74. The second-order valence-electron chi connectivity index (χ2n) is 4.51. The van der Waals surface area contributed by atoms with Gasteiger partial charge >= 0.3 is 5.97 Å². The van der Waals surface area contributed by atoms with E-state index in [1.54, 1.807) is 0 Å².